The van der Waals surface area contributed by atoms with Gasteiger partial charge in [0.05, 0.1) is 12.6 Å². The molecule has 1 saturated heterocycles. The number of alkyl halides is 3. The highest BCUT2D eigenvalue weighted by molar-refractivity contribution is 7.09. The van der Waals surface area contributed by atoms with Crippen molar-refractivity contribution in [1.29, 1.82) is 0 Å². The van der Waals surface area contributed by atoms with E-state index in [0.717, 1.165) is 36.0 Å². The molecule has 0 spiro atoms. The topological polar surface area (TPSA) is 54.0 Å². The van der Waals surface area contributed by atoms with Gasteiger partial charge in [0.15, 0.2) is 5.69 Å². The largest absolute Gasteiger partial charge is 0.434 e. The fourth-order valence-electron chi connectivity index (χ4n) is 3.33. The maximum Gasteiger partial charge on any atom is 0.434 e. The molecular formula is C14H18F3N3OS. The van der Waals surface area contributed by atoms with E-state index in [-0.39, 0.29) is 23.5 Å². The van der Waals surface area contributed by atoms with Crippen LogP contribution in [0.1, 0.15) is 42.8 Å². The minimum atomic E-state index is -4.43. The molecule has 1 amide bonds. The maximum atomic E-state index is 12.5. The zero-order valence-electron chi connectivity index (χ0n) is 11.9. The molecule has 22 heavy (non-hydrogen) atoms. The molecular weight excluding hydrogens is 315 g/mol. The van der Waals surface area contributed by atoms with Gasteiger partial charge in [-0.15, -0.1) is 11.3 Å². The van der Waals surface area contributed by atoms with Gasteiger partial charge in [0.25, 0.3) is 0 Å². The molecule has 2 heterocycles. The lowest BCUT2D eigenvalue weighted by Gasteiger charge is -2.24. The van der Waals surface area contributed by atoms with Crippen LogP contribution in [0.3, 0.4) is 0 Å². The highest BCUT2D eigenvalue weighted by atomic mass is 32.1. The van der Waals surface area contributed by atoms with Gasteiger partial charge >= 0.3 is 6.18 Å². The van der Waals surface area contributed by atoms with Crippen LogP contribution in [-0.2, 0) is 17.5 Å². The molecule has 1 aliphatic carbocycles. The standard InChI is InChI=1S/C14H18F3N3OS/c15-14(16,17)11-7-22-12(20-11)6-18-13(21)10-5-8-3-1-2-4-9(8)19-10/h7-10,19H,1-6H2,(H,18,21). The third kappa shape index (κ3) is 3.43. The Kier molecular flexibility index (Phi) is 4.40. The first-order chi connectivity index (χ1) is 10.4. The zero-order chi connectivity index (χ0) is 15.7. The zero-order valence-corrected chi connectivity index (χ0v) is 12.8. The Hall–Kier alpha value is -1.15. The van der Waals surface area contributed by atoms with Crippen LogP contribution in [0.25, 0.3) is 0 Å². The summed E-state index contributed by atoms with van der Waals surface area (Å²) < 4.78 is 37.4. The summed E-state index contributed by atoms with van der Waals surface area (Å²) in [6.07, 6.45) is 1.07. The highest BCUT2D eigenvalue weighted by Gasteiger charge is 2.38. The van der Waals surface area contributed by atoms with Crippen molar-refractivity contribution in [3.63, 3.8) is 0 Å². The summed E-state index contributed by atoms with van der Waals surface area (Å²) >= 11 is 0.915. The molecule has 0 bridgehead atoms. The van der Waals surface area contributed by atoms with Gasteiger partial charge < -0.3 is 10.6 Å². The van der Waals surface area contributed by atoms with E-state index in [1.54, 1.807) is 0 Å². The molecule has 3 rings (SSSR count). The highest BCUT2D eigenvalue weighted by Crippen LogP contribution is 2.33. The molecule has 3 unspecified atom stereocenters. The molecule has 8 heteroatoms. The molecule has 1 aromatic rings. The predicted molar refractivity (Wildman–Crippen MR) is 76.2 cm³/mol. The number of rotatable bonds is 3. The van der Waals surface area contributed by atoms with Gasteiger partial charge in [-0.1, -0.05) is 12.8 Å². The van der Waals surface area contributed by atoms with Crippen LogP contribution in [0.5, 0.6) is 0 Å². The van der Waals surface area contributed by atoms with E-state index in [0.29, 0.717) is 12.0 Å². The fourth-order valence-corrected chi connectivity index (χ4v) is 4.07. The molecule has 2 aliphatic rings. The van der Waals surface area contributed by atoms with Crippen LogP contribution in [0.2, 0.25) is 0 Å². The third-order valence-corrected chi connectivity index (χ3v) is 5.28. The normalized spacial score (nSPS) is 28.4. The Morgan fingerprint density at radius 3 is 2.86 bits per heavy atom. The van der Waals surface area contributed by atoms with E-state index >= 15 is 0 Å². The average molecular weight is 333 g/mol. The summed E-state index contributed by atoms with van der Waals surface area (Å²) in [6, 6.07) is 0.191. The van der Waals surface area contributed by atoms with Gasteiger partial charge in [0.2, 0.25) is 5.91 Å². The first-order valence-corrected chi connectivity index (χ1v) is 8.37. The molecule has 2 N–H and O–H groups in total. The van der Waals surface area contributed by atoms with Crippen molar-refractivity contribution in [2.24, 2.45) is 5.92 Å². The van der Waals surface area contributed by atoms with Gasteiger partial charge in [-0.05, 0) is 25.2 Å². The summed E-state index contributed by atoms with van der Waals surface area (Å²) in [6.45, 7) is 0.0487. The Balaban J connectivity index is 1.51. The van der Waals surface area contributed by atoms with Crippen molar-refractivity contribution in [2.45, 2.75) is 56.9 Å². The monoisotopic (exact) mass is 333 g/mol. The Morgan fingerprint density at radius 2 is 2.18 bits per heavy atom. The lowest BCUT2D eigenvalue weighted by Crippen LogP contribution is -2.42. The van der Waals surface area contributed by atoms with E-state index in [4.69, 9.17) is 0 Å². The maximum absolute atomic E-state index is 12.5. The van der Waals surface area contributed by atoms with Crippen molar-refractivity contribution in [3.05, 3.63) is 16.1 Å². The van der Waals surface area contributed by atoms with Crippen LogP contribution < -0.4 is 10.6 Å². The first kappa shape index (κ1) is 15.7. The van der Waals surface area contributed by atoms with Crippen LogP contribution >= 0.6 is 11.3 Å². The number of hydrogen-bond acceptors (Lipinski definition) is 4. The minimum Gasteiger partial charge on any atom is -0.348 e. The number of hydrogen-bond donors (Lipinski definition) is 2. The first-order valence-electron chi connectivity index (χ1n) is 7.49. The average Bonchev–Trinajstić information content (AvgIpc) is 3.10. The van der Waals surface area contributed by atoms with Crippen molar-refractivity contribution in [2.75, 3.05) is 0 Å². The number of carbonyl (C=O) groups excluding carboxylic acids is 1. The van der Waals surface area contributed by atoms with Crippen LogP contribution in [0.15, 0.2) is 5.38 Å². The number of nitrogens with zero attached hydrogens (tertiary/aromatic N) is 1. The van der Waals surface area contributed by atoms with Crippen molar-refractivity contribution >= 4 is 17.2 Å². The summed E-state index contributed by atoms with van der Waals surface area (Å²) in [5.41, 5.74) is -0.897. The third-order valence-electron chi connectivity index (χ3n) is 4.44. The molecule has 2 fully saturated rings. The number of thiazole rings is 1. The minimum absolute atomic E-state index is 0.0487. The van der Waals surface area contributed by atoms with Crippen molar-refractivity contribution in [1.82, 2.24) is 15.6 Å². The van der Waals surface area contributed by atoms with E-state index in [1.165, 1.54) is 12.8 Å². The van der Waals surface area contributed by atoms with Crippen molar-refractivity contribution < 1.29 is 18.0 Å². The SMILES string of the molecule is O=C(NCc1nc(C(F)(F)F)cs1)C1CC2CCCCC2N1. The lowest BCUT2D eigenvalue weighted by molar-refractivity contribution is -0.140. The number of carbonyl (C=O) groups is 1. The van der Waals surface area contributed by atoms with Gasteiger partial charge in [0.1, 0.15) is 5.01 Å². The summed E-state index contributed by atoms with van der Waals surface area (Å²) in [5.74, 6) is 0.416. The van der Waals surface area contributed by atoms with E-state index in [2.05, 4.69) is 15.6 Å². The number of fused-ring (bicyclic) bond motifs is 1. The molecule has 0 radical (unpaired) electrons. The van der Waals surface area contributed by atoms with E-state index in [1.807, 2.05) is 0 Å². The predicted octanol–water partition coefficient (Wildman–Crippen LogP) is 2.70. The van der Waals surface area contributed by atoms with Crippen LogP contribution in [-0.4, -0.2) is 23.0 Å². The van der Waals surface area contributed by atoms with Crippen LogP contribution in [0.4, 0.5) is 13.2 Å². The fraction of sp³-hybridized carbons (Fsp3) is 0.714. The molecule has 1 aliphatic heterocycles. The second-order valence-corrected chi connectivity index (χ2v) is 6.89. The molecule has 3 atom stereocenters. The van der Waals surface area contributed by atoms with Crippen molar-refractivity contribution in [3.8, 4) is 0 Å². The Morgan fingerprint density at radius 1 is 1.41 bits per heavy atom. The lowest BCUT2D eigenvalue weighted by atomic mass is 9.85. The van der Waals surface area contributed by atoms with Crippen LogP contribution in [0, 0.1) is 5.92 Å². The van der Waals surface area contributed by atoms with E-state index < -0.39 is 11.9 Å². The molecule has 1 aromatic heterocycles. The second-order valence-electron chi connectivity index (χ2n) is 5.95. The van der Waals surface area contributed by atoms with Gasteiger partial charge in [0, 0.05) is 11.4 Å². The Labute approximate surface area is 130 Å². The number of nitrogens with one attached hydrogen (secondary N) is 2. The molecule has 1 saturated carbocycles. The molecule has 0 aromatic carbocycles. The second kappa shape index (κ2) is 6.16. The Bertz CT molecular complexity index is 532. The van der Waals surface area contributed by atoms with Gasteiger partial charge in [-0.25, -0.2) is 4.98 Å². The quantitative estimate of drug-likeness (QED) is 0.894. The summed E-state index contributed by atoms with van der Waals surface area (Å²) in [7, 11) is 0. The molecule has 122 valence electrons. The smallest absolute Gasteiger partial charge is 0.348 e. The summed E-state index contributed by atoms with van der Waals surface area (Å²) in [5, 5.41) is 7.29. The molecule has 4 nitrogen and oxygen atoms in total. The number of amides is 1. The van der Waals surface area contributed by atoms with Gasteiger partial charge in [-0.3, -0.25) is 4.79 Å². The number of halogens is 3. The number of aromatic nitrogens is 1. The van der Waals surface area contributed by atoms with E-state index in [9.17, 15) is 18.0 Å². The summed E-state index contributed by atoms with van der Waals surface area (Å²) in [4.78, 5) is 15.7. The van der Waals surface area contributed by atoms with Gasteiger partial charge in [-0.2, -0.15) is 13.2 Å².